The van der Waals surface area contributed by atoms with E-state index >= 15 is 0 Å². The fraction of sp³-hybridized carbons (Fsp3) is 0.350. The van der Waals surface area contributed by atoms with Crippen molar-refractivity contribution < 1.29 is 9.53 Å². The van der Waals surface area contributed by atoms with Crippen LogP contribution in [0.25, 0.3) is 0 Å². The third kappa shape index (κ3) is 3.90. The zero-order valence-electron chi connectivity index (χ0n) is 14.1. The second-order valence-electron chi connectivity index (χ2n) is 6.35. The van der Waals surface area contributed by atoms with Crippen LogP contribution < -0.4 is 10.1 Å². The predicted octanol–water partition coefficient (Wildman–Crippen LogP) is 4.93. The van der Waals surface area contributed by atoms with E-state index in [0.29, 0.717) is 10.7 Å². The molecule has 1 atom stereocenters. The minimum absolute atomic E-state index is 0.187. The van der Waals surface area contributed by atoms with Gasteiger partial charge in [-0.25, -0.2) is 0 Å². The van der Waals surface area contributed by atoms with Gasteiger partial charge in [-0.1, -0.05) is 23.7 Å². The predicted molar refractivity (Wildman–Crippen MR) is 98.0 cm³/mol. The Hall–Kier alpha value is -2.00. The van der Waals surface area contributed by atoms with Crippen LogP contribution in [0.1, 0.15) is 36.5 Å². The number of carbonyl (C=O) groups is 1. The maximum atomic E-state index is 12.3. The van der Waals surface area contributed by atoms with E-state index in [1.54, 1.807) is 13.0 Å². The molecule has 1 aliphatic carbocycles. The van der Waals surface area contributed by atoms with Gasteiger partial charge in [0.25, 0.3) is 5.91 Å². The summed E-state index contributed by atoms with van der Waals surface area (Å²) < 4.78 is 5.82. The molecule has 1 aliphatic rings. The molecule has 1 N–H and O–H groups in total. The molecule has 0 aromatic heterocycles. The fourth-order valence-electron chi connectivity index (χ4n) is 2.96. The molecule has 4 heteroatoms. The van der Waals surface area contributed by atoms with Crippen LogP contribution in [0.5, 0.6) is 5.75 Å². The summed E-state index contributed by atoms with van der Waals surface area (Å²) >= 11 is 6.09. The van der Waals surface area contributed by atoms with Gasteiger partial charge in [-0.2, -0.15) is 0 Å². The average Bonchev–Trinajstić information content (AvgIpc) is 2.58. The lowest BCUT2D eigenvalue weighted by Gasteiger charge is -2.19. The van der Waals surface area contributed by atoms with Crippen molar-refractivity contribution in [1.82, 2.24) is 0 Å². The molecule has 1 amide bonds. The number of fused-ring (bicyclic) bond motifs is 1. The van der Waals surface area contributed by atoms with E-state index in [2.05, 4.69) is 17.4 Å². The number of anilines is 1. The number of hydrogen-bond acceptors (Lipinski definition) is 2. The van der Waals surface area contributed by atoms with Crippen molar-refractivity contribution in [3.05, 3.63) is 58.1 Å². The van der Waals surface area contributed by atoms with Gasteiger partial charge >= 0.3 is 0 Å². The molecule has 2 aromatic carbocycles. The Morgan fingerprint density at radius 1 is 1.12 bits per heavy atom. The molecule has 24 heavy (non-hydrogen) atoms. The van der Waals surface area contributed by atoms with Gasteiger partial charge in [-0.15, -0.1) is 0 Å². The highest BCUT2D eigenvalue weighted by atomic mass is 35.5. The van der Waals surface area contributed by atoms with Gasteiger partial charge in [0.15, 0.2) is 6.10 Å². The molecule has 3 rings (SSSR count). The lowest BCUT2D eigenvalue weighted by Crippen LogP contribution is -2.30. The van der Waals surface area contributed by atoms with E-state index < -0.39 is 6.10 Å². The molecule has 0 bridgehead atoms. The summed E-state index contributed by atoms with van der Waals surface area (Å²) in [6.07, 6.45) is 4.13. The first-order valence-corrected chi connectivity index (χ1v) is 8.76. The van der Waals surface area contributed by atoms with Crippen molar-refractivity contribution >= 4 is 23.2 Å². The quantitative estimate of drug-likeness (QED) is 0.854. The number of nitrogens with one attached hydrogen (secondary N) is 1. The first-order chi connectivity index (χ1) is 11.5. The SMILES string of the molecule is Cc1ccc(NC(=O)C(C)Oc2ccc3c(c2)CCCC3)cc1Cl. The van der Waals surface area contributed by atoms with Crippen LogP contribution in [0.2, 0.25) is 5.02 Å². The minimum atomic E-state index is -0.577. The lowest BCUT2D eigenvalue weighted by molar-refractivity contribution is -0.122. The van der Waals surface area contributed by atoms with Crippen molar-refractivity contribution in [2.75, 3.05) is 5.32 Å². The lowest BCUT2D eigenvalue weighted by atomic mass is 9.92. The average molecular weight is 344 g/mol. The van der Waals surface area contributed by atoms with Gasteiger partial charge in [0.05, 0.1) is 0 Å². The number of ether oxygens (including phenoxy) is 1. The highest BCUT2D eigenvalue weighted by Gasteiger charge is 2.17. The molecular weight excluding hydrogens is 322 g/mol. The highest BCUT2D eigenvalue weighted by Crippen LogP contribution is 2.26. The van der Waals surface area contributed by atoms with Gasteiger partial charge in [0, 0.05) is 10.7 Å². The molecule has 0 radical (unpaired) electrons. The summed E-state index contributed by atoms with van der Waals surface area (Å²) in [5, 5.41) is 3.48. The standard InChI is InChI=1S/C20H22ClNO2/c1-13-7-9-17(12-19(13)21)22-20(23)14(2)24-18-10-8-15-5-3-4-6-16(15)11-18/h7-12,14H,3-6H2,1-2H3,(H,22,23). The second-order valence-corrected chi connectivity index (χ2v) is 6.76. The van der Waals surface area contributed by atoms with Gasteiger partial charge in [0.1, 0.15) is 5.75 Å². The van der Waals surface area contributed by atoms with E-state index in [9.17, 15) is 4.79 Å². The number of rotatable bonds is 4. The first kappa shape index (κ1) is 16.8. The molecule has 126 valence electrons. The minimum Gasteiger partial charge on any atom is -0.481 e. The Labute approximate surface area is 148 Å². The Bertz CT molecular complexity index is 757. The molecule has 0 saturated carbocycles. The van der Waals surface area contributed by atoms with Crippen LogP contribution in [-0.4, -0.2) is 12.0 Å². The van der Waals surface area contributed by atoms with Gasteiger partial charge in [-0.05, 0) is 80.5 Å². The number of aryl methyl sites for hydroxylation is 3. The molecule has 2 aromatic rings. The summed E-state index contributed by atoms with van der Waals surface area (Å²) in [5.41, 5.74) is 4.40. The number of hydrogen-bond donors (Lipinski definition) is 1. The molecule has 0 aliphatic heterocycles. The fourth-order valence-corrected chi connectivity index (χ4v) is 3.14. The van der Waals surface area contributed by atoms with E-state index in [1.807, 2.05) is 25.1 Å². The normalized spacial score (nSPS) is 14.6. The Kier molecular flexibility index (Phi) is 5.10. The van der Waals surface area contributed by atoms with E-state index in [0.717, 1.165) is 24.2 Å². The number of halogens is 1. The summed E-state index contributed by atoms with van der Waals surface area (Å²) in [5.74, 6) is 0.563. The molecule has 0 spiro atoms. The van der Waals surface area contributed by atoms with Crippen LogP contribution in [0.4, 0.5) is 5.69 Å². The van der Waals surface area contributed by atoms with Crippen LogP contribution >= 0.6 is 11.6 Å². The van der Waals surface area contributed by atoms with Crippen molar-refractivity contribution in [2.24, 2.45) is 0 Å². The summed E-state index contributed by atoms with van der Waals surface area (Å²) in [4.78, 5) is 12.3. The maximum absolute atomic E-state index is 12.3. The summed E-state index contributed by atoms with van der Waals surface area (Å²) in [7, 11) is 0. The highest BCUT2D eigenvalue weighted by molar-refractivity contribution is 6.31. The molecule has 0 saturated heterocycles. The summed E-state index contributed by atoms with van der Waals surface area (Å²) in [6.45, 7) is 3.68. The maximum Gasteiger partial charge on any atom is 0.265 e. The molecule has 3 nitrogen and oxygen atoms in total. The van der Waals surface area contributed by atoms with Crippen LogP contribution in [-0.2, 0) is 17.6 Å². The molecule has 0 fully saturated rings. The Morgan fingerprint density at radius 3 is 2.62 bits per heavy atom. The third-order valence-electron chi connectivity index (χ3n) is 4.44. The van der Waals surface area contributed by atoms with Crippen LogP contribution in [0, 0.1) is 6.92 Å². The van der Waals surface area contributed by atoms with Crippen LogP contribution in [0.3, 0.4) is 0 Å². The van der Waals surface area contributed by atoms with Crippen molar-refractivity contribution in [1.29, 1.82) is 0 Å². The number of benzene rings is 2. The first-order valence-electron chi connectivity index (χ1n) is 8.38. The summed E-state index contributed by atoms with van der Waals surface area (Å²) in [6, 6.07) is 11.6. The molecule has 1 unspecified atom stereocenters. The van der Waals surface area contributed by atoms with Gasteiger partial charge in [0.2, 0.25) is 0 Å². The Balaban J connectivity index is 1.64. The third-order valence-corrected chi connectivity index (χ3v) is 4.85. The largest absolute Gasteiger partial charge is 0.481 e. The molecule has 0 heterocycles. The molecular formula is C20H22ClNO2. The van der Waals surface area contributed by atoms with E-state index in [-0.39, 0.29) is 5.91 Å². The topological polar surface area (TPSA) is 38.3 Å². The zero-order chi connectivity index (χ0) is 17.1. The van der Waals surface area contributed by atoms with Crippen molar-refractivity contribution in [3.63, 3.8) is 0 Å². The van der Waals surface area contributed by atoms with E-state index in [4.69, 9.17) is 16.3 Å². The van der Waals surface area contributed by atoms with Gasteiger partial charge in [-0.3, -0.25) is 4.79 Å². The Morgan fingerprint density at radius 2 is 1.88 bits per heavy atom. The van der Waals surface area contributed by atoms with Crippen molar-refractivity contribution in [3.8, 4) is 5.75 Å². The van der Waals surface area contributed by atoms with Crippen molar-refractivity contribution in [2.45, 2.75) is 45.6 Å². The van der Waals surface area contributed by atoms with Gasteiger partial charge < -0.3 is 10.1 Å². The second kappa shape index (κ2) is 7.27. The van der Waals surface area contributed by atoms with Crippen LogP contribution in [0.15, 0.2) is 36.4 Å². The zero-order valence-corrected chi connectivity index (χ0v) is 14.8. The number of carbonyl (C=O) groups excluding carboxylic acids is 1. The monoisotopic (exact) mass is 343 g/mol. The number of amides is 1. The smallest absolute Gasteiger partial charge is 0.265 e. The van der Waals surface area contributed by atoms with E-state index in [1.165, 1.54) is 24.0 Å².